The molecular weight excluding hydrogens is 240 g/mol. The molecule has 0 atom stereocenters. The second-order valence-corrected chi connectivity index (χ2v) is 4.37. The van der Waals surface area contributed by atoms with Gasteiger partial charge in [-0.25, -0.2) is 0 Å². The average Bonchev–Trinajstić information content (AvgIpc) is 2.45. The van der Waals surface area contributed by atoms with Crippen molar-refractivity contribution in [1.82, 2.24) is 4.57 Å². The van der Waals surface area contributed by atoms with E-state index < -0.39 is 0 Å². The first kappa shape index (κ1) is 13.2. The Bertz CT molecular complexity index is 615. The topological polar surface area (TPSA) is 57.2 Å². The maximum atomic E-state index is 12.1. The summed E-state index contributed by atoms with van der Waals surface area (Å²) in [5.74, 6) is 0.779. The van der Waals surface area contributed by atoms with Gasteiger partial charge in [0.15, 0.2) is 0 Å². The molecule has 2 N–H and O–H groups in total. The maximum Gasteiger partial charge on any atom is 0.274 e. The van der Waals surface area contributed by atoms with E-state index in [2.05, 4.69) is 0 Å². The molecule has 1 aromatic heterocycles. The lowest BCUT2D eigenvalue weighted by molar-refractivity contribution is 0.415. The molecule has 0 unspecified atom stereocenters. The number of methoxy groups -OCH3 is 1. The van der Waals surface area contributed by atoms with Crippen molar-refractivity contribution in [3.63, 3.8) is 0 Å². The molecule has 0 spiro atoms. The number of hydrogen-bond donors (Lipinski definition) is 1. The number of benzene rings is 1. The maximum absolute atomic E-state index is 12.1. The fourth-order valence-electron chi connectivity index (χ4n) is 2.03. The summed E-state index contributed by atoms with van der Waals surface area (Å²) in [5, 5.41) is 0. The van der Waals surface area contributed by atoms with E-state index in [1.165, 1.54) is 0 Å². The molecule has 1 heterocycles. The molecule has 4 nitrogen and oxygen atoms in total. The van der Waals surface area contributed by atoms with Crippen LogP contribution >= 0.6 is 0 Å². The largest absolute Gasteiger partial charge is 0.497 e. The highest BCUT2D eigenvalue weighted by Gasteiger charge is 2.08. The summed E-state index contributed by atoms with van der Waals surface area (Å²) in [6, 6.07) is 9.38. The summed E-state index contributed by atoms with van der Waals surface area (Å²) in [4.78, 5) is 12.1. The van der Waals surface area contributed by atoms with Gasteiger partial charge in [0.1, 0.15) is 11.4 Å². The molecule has 100 valence electrons. The van der Waals surface area contributed by atoms with Crippen LogP contribution in [0.25, 0.3) is 11.1 Å². The number of nitrogens with zero attached hydrogens (tertiary/aromatic N) is 1. The molecule has 0 fully saturated rings. The molecule has 0 aliphatic heterocycles. The van der Waals surface area contributed by atoms with Crippen molar-refractivity contribution >= 4 is 5.69 Å². The van der Waals surface area contributed by atoms with E-state index in [0.29, 0.717) is 12.2 Å². The van der Waals surface area contributed by atoms with E-state index in [-0.39, 0.29) is 5.56 Å². The highest BCUT2D eigenvalue weighted by Crippen LogP contribution is 2.25. The second kappa shape index (κ2) is 5.61. The number of hydrogen-bond acceptors (Lipinski definition) is 3. The fraction of sp³-hybridized carbons (Fsp3) is 0.267. The van der Waals surface area contributed by atoms with Crippen LogP contribution in [0.15, 0.2) is 41.3 Å². The van der Waals surface area contributed by atoms with Crippen molar-refractivity contribution in [2.75, 3.05) is 12.8 Å². The Morgan fingerprint density at radius 3 is 2.47 bits per heavy atom. The lowest BCUT2D eigenvalue weighted by Crippen LogP contribution is -2.22. The van der Waals surface area contributed by atoms with Gasteiger partial charge in [0.05, 0.1) is 7.11 Å². The molecule has 0 saturated heterocycles. The van der Waals surface area contributed by atoms with Crippen molar-refractivity contribution in [1.29, 1.82) is 0 Å². The molecule has 19 heavy (non-hydrogen) atoms. The lowest BCUT2D eigenvalue weighted by atomic mass is 10.1. The van der Waals surface area contributed by atoms with Crippen LogP contribution in [0.1, 0.15) is 13.3 Å². The summed E-state index contributed by atoms with van der Waals surface area (Å²) >= 11 is 0. The number of aryl methyl sites for hydroxylation is 1. The van der Waals surface area contributed by atoms with Crippen LogP contribution in [-0.2, 0) is 6.54 Å². The Labute approximate surface area is 112 Å². The van der Waals surface area contributed by atoms with Gasteiger partial charge in [-0.1, -0.05) is 19.1 Å². The van der Waals surface area contributed by atoms with Gasteiger partial charge in [-0.2, -0.15) is 0 Å². The molecule has 4 heteroatoms. The normalized spacial score (nSPS) is 10.4. The number of aromatic nitrogens is 1. The number of nitrogen functional groups attached to an aromatic ring is 1. The Morgan fingerprint density at radius 1 is 1.21 bits per heavy atom. The molecule has 0 bridgehead atoms. The van der Waals surface area contributed by atoms with Crippen molar-refractivity contribution in [2.45, 2.75) is 19.9 Å². The molecule has 2 rings (SSSR count). The first-order chi connectivity index (χ1) is 9.17. The number of anilines is 1. The zero-order valence-electron chi connectivity index (χ0n) is 11.2. The van der Waals surface area contributed by atoms with E-state index in [9.17, 15) is 4.79 Å². The lowest BCUT2D eigenvalue weighted by Gasteiger charge is -2.10. The third-order valence-corrected chi connectivity index (χ3v) is 3.07. The quantitative estimate of drug-likeness (QED) is 0.916. The predicted molar refractivity (Wildman–Crippen MR) is 77.4 cm³/mol. The summed E-state index contributed by atoms with van der Waals surface area (Å²) in [5.41, 5.74) is 7.79. The van der Waals surface area contributed by atoms with Gasteiger partial charge < -0.3 is 15.0 Å². The minimum absolute atomic E-state index is 0.129. The Morgan fingerprint density at radius 2 is 1.89 bits per heavy atom. The van der Waals surface area contributed by atoms with Crippen LogP contribution < -0.4 is 16.0 Å². The Kier molecular flexibility index (Phi) is 3.90. The van der Waals surface area contributed by atoms with Crippen molar-refractivity contribution in [3.8, 4) is 16.9 Å². The van der Waals surface area contributed by atoms with Gasteiger partial charge in [-0.3, -0.25) is 4.79 Å². The molecule has 1 aromatic carbocycles. The van der Waals surface area contributed by atoms with Gasteiger partial charge in [0.25, 0.3) is 5.56 Å². The van der Waals surface area contributed by atoms with Crippen LogP contribution in [0, 0.1) is 0 Å². The molecule has 0 aliphatic rings. The zero-order valence-corrected chi connectivity index (χ0v) is 11.2. The van der Waals surface area contributed by atoms with Gasteiger partial charge >= 0.3 is 0 Å². The van der Waals surface area contributed by atoms with Crippen LogP contribution in [0.4, 0.5) is 5.69 Å². The first-order valence-electron chi connectivity index (χ1n) is 6.30. The molecule has 0 saturated carbocycles. The summed E-state index contributed by atoms with van der Waals surface area (Å²) in [6.45, 7) is 2.71. The number of nitrogens with two attached hydrogens (primary N) is 1. The van der Waals surface area contributed by atoms with E-state index >= 15 is 0 Å². The average molecular weight is 258 g/mol. The number of pyridine rings is 1. The van der Waals surface area contributed by atoms with Crippen LogP contribution in [0.5, 0.6) is 5.75 Å². The number of rotatable bonds is 4. The SMILES string of the molecule is CCCn1ccc(-c2ccc(OC)cc2)c(N)c1=O. The predicted octanol–water partition coefficient (Wildman–Crippen LogP) is 2.52. The molecule has 0 amide bonds. The summed E-state index contributed by atoms with van der Waals surface area (Å²) in [6.07, 6.45) is 2.70. The third-order valence-electron chi connectivity index (χ3n) is 3.07. The van der Waals surface area contributed by atoms with Crippen molar-refractivity contribution in [3.05, 3.63) is 46.9 Å². The van der Waals surface area contributed by atoms with E-state index in [4.69, 9.17) is 10.5 Å². The van der Waals surface area contributed by atoms with Gasteiger partial charge in [-0.15, -0.1) is 0 Å². The monoisotopic (exact) mass is 258 g/mol. The number of ether oxygens (including phenoxy) is 1. The fourth-order valence-corrected chi connectivity index (χ4v) is 2.03. The molecule has 0 radical (unpaired) electrons. The minimum atomic E-state index is -0.129. The highest BCUT2D eigenvalue weighted by molar-refractivity contribution is 5.75. The van der Waals surface area contributed by atoms with Crippen molar-refractivity contribution < 1.29 is 4.74 Å². The van der Waals surface area contributed by atoms with Crippen LogP contribution in [0.2, 0.25) is 0 Å². The smallest absolute Gasteiger partial charge is 0.274 e. The third kappa shape index (κ3) is 2.62. The van der Waals surface area contributed by atoms with E-state index in [1.807, 2.05) is 37.3 Å². The summed E-state index contributed by atoms with van der Waals surface area (Å²) < 4.78 is 6.75. The Balaban J connectivity index is 2.45. The van der Waals surface area contributed by atoms with Crippen LogP contribution in [0.3, 0.4) is 0 Å². The Hall–Kier alpha value is -2.23. The van der Waals surface area contributed by atoms with Gasteiger partial charge in [0.2, 0.25) is 0 Å². The highest BCUT2D eigenvalue weighted by atomic mass is 16.5. The van der Waals surface area contributed by atoms with Gasteiger partial charge in [-0.05, 0) is 30.2 Å². The van der Waals surface area contributed by atoms with Crippen molar-refractivity contribution in [2.24, 2.45) is 0 Å². The van der Waals surface area contributed by atoms with Gasteiger partial charge in [0, 0.05) is 18.3 Å². The zero-order chi connectivity index (χ0) is 13.8. The molecule has 0 aliphatic carbocycles. The van der Waals surface area contributed by atoms with Crippen LogP contribution in [-0.4, -0.2) is 11.7 Å². The first-order valence-corrected chi connectivity index (χ1v) is 6.30. The minimum Gasteiger partial charge on any atom is -0.497 e. The van der Waals surface area contributed by atoms with E-state index in [0.717, 1.165) is 23.3 Å². The molecule has 2 aromatic rings. The van der Waals surface area contributed by atoms with E-state index in [1.54, 1.807) is 17.9 Å². The summed E-state index contributed by atoms with van der Waals surface area (Å²) in [7, 11) is 1.62. The standard InChI is InChI=1S/C15H18N2O2/c1-3-9-17-10-8-13(14(16)15(17)18)11-4-6-12(19-2)7-5-11/h4-8,10H,3,9,16H2,1-2H3. The molecular formula is C15H18N2O2. The second-order valence-electron chi connectivity index (χ2n) is 4.37.